The topological polar surface area (TPSA) is 540 Å². The van der Waals surface area contributed by atoms with E-state index in [2.05, 4.69) is 70.8 Å². The molecular weight excluding hydrogens is 1660 g/mol. The number of nitrogens with one attached hydrogen (secondary N) is 5. The highest BCUT2D eigenvalue weighted by atomic mass is 16.6. The predicted octanol–water partition coefficient (Wildman–Crippen LogP) is 13.0. The molecule has 1 heterocycles. The Morgan fingerprint density at radius 3 is 1.02 bits per heavy atom. The summed E-state index contributed by atoms with van der Waals surface area (Å²) in [6.07, 6.45) is 6.47. The summed E-state index contributed by atoms with van der Waals surface area (Å²) in [5.74, 6) is -8.42. The average molecular weight is 1750 g/mol. The van der Waals surface area contributed by atoms with E-state index < -0.39 is 77.6 Å². The van der Waals surface area contributed by atoms with Crippen LogP contribution in [0.4, 0.5) is 33.2 Å². The lowest BCUT2D eigenvalue weighted by Crippen LogP contribution is -2.34. The summed E-state index contributed by atoms with van der Waals surface area (Å²) in [5.41, 5.74) is 5.30. The molecule has 0 aromatic heterocycles. The van der Waals surface area contributed by atoms with E-state index in [4.69, 9.17) is 64.5 Å². The first-order valence-electron chi connectivity index (χ1n) is 37.1. The SMILES string of the molecule is C=C(C)C(=O)Nc1ccc(C(=O)O)cc1.C=C(C)C(=O)OCCNC(C)Oc1ccc(C(=O)O)cc1.C=CC(=O)Nc1ccc(C(=O)O)cc1.C=CC(=O)OCCNC(C)Oc1ccc(C(=O)O)cc1.C=CCOC(=O)Nc1ccc(C(=O)O)cc1.C=CCOc1ccc(C(=O)O)cc1.CN(C)c1ccc(C(=O)O)cc1.O=C(O)c1ccc(N2C(=O)C=CC2=O)cc1. The first kappa shape index (κ1) is 106. The first-order chi connectivity index (χ1) is 60.1. The first-order valence-corrected chi connectivity index (χ1v) is 37.1. The number of nitrogens with zero attached hydrogens (tertiary/aromatic N) is 2. The fourth-order valence-electron chi connectivity index (χ4n) is 8.81. The van der Waals surface area contributed by atoms with Gasteiger partial charge in [0.05, 0.1) is 50.2 Å². The van der Waals surface area contributed by atoms with Crippen LogP contribution in [0.15, 0.2) is 281 Å². The predicted molar refractivity (Wildman–Crippen MR) is 469 cm³/mol. The van der Waals surface area contributed by atoms with E-state index in [0.29, 0.717) is 76.4 Å². The number of esters is 2. The molecule has 2 unspecified atom stereocenters. The van der Waals surface area contributed by atoms with Crippen LogP contribution in [0.3, 0.4) is 0 Å². The van der Waals surface area contributed by atoms with E-state index in [1.807, 2.05) is 19.0 Å². The van der Waals surface area contributed by atoms with E-state index >= 15 is 0 Å². The van der Waals surface area contributed by atoms with Crippen molar-refractivity contribution in [2.24, 2.45) is 0 Å². The van der Waals surface area contributed by atoms with Crippen LogP contribution in [0, 0.1) is 0 Å². The van der Waals surface area contributed by atoms with Gasteiger partial charge in [0.1, 0.15) is 56.1 Å². The zero-order chi connectivity index (χ0) is 95.3. The van der Waals surface area contributed by atoms with E-state index in [0.717, 1.165) is 22.7 Å². The van der Waals surface area contributed by atoms with Crippen LogP contribution in [0.25, 0.3) is 0 Å². The second-order valence-corrected chi connectivity index (χ2v) is 25.3. The molecule has 0 spiro atoms. The molecule has 127 heavy (non-hydrogen) atoms. The number of carbonyl (C=O) groups excluding carboxylic acids is 7. The number of anilines is 5. The lowest BCUT2D eigenvalue weighted by Gasteiger charge is -2.16. The van der Waals surface area contributed by atoms with Crippen LogP contribution in [-0.2, 0) is 43.0 Å². The van der Waals surface area contributed by atoms with Gasteiger partial charge in [-0.2, -0.15) is 0 Å². The molecule has 1 aliphatic heterocycles. The normalized spacial score (nSPS) is 10.7. The molecule has 8 aromatic rings. The van der Waals surface area contributed by atoms with Crippen LogP contribution in [0.2, 0.25) is 0 Å². The van der Waals surface area contributed by atoms with Crippen LogP contribution >= 0.6 is 0 Å². The van der Waals surface area contributed by atoms with Crippen molar-refractivity contribution < 1.29 is 141 Å². The van der Waals surface area contributed by atoms with Crippen LogP contribution < -0.4 is 50.6 Å². The molecule has 668 valence electrons. The van der Waals surface area contributed by atoms with E-state index in [1.165, 1.54) is 152 Å². The minimum Gasteiger partial charge on any atom is -0.490 e. The molecule has 0 saturated heterocycles. The molecular formula is C91H95N7O29. The zero-order valence-electron chi connectivity index (χ0n) is 69.6. The monoisotopic (exact) mass is 1750 g/mol. The molecule has 0 saturated carbocycles. The van der Waals surface area contributed by atoms with Gasteiger partial charge < -0.3 is 84.8 Å². The molecule has 36 heteroatoms. The Bertz CT molecular complexity index is 5130. The number of carboxylic acid groups (broad SMARTS) is 8. The van der Waals surface area contributed by atoms with Gasteiger partial charge in [-0.3, -0.25) is 35.1 Å². The largest absolute Gasteiger partial charge is 0.490 e. The zero-order valence-corrected chi connectivity index (χ0v) is 69.6. The van der Waals surface area contributed by atoms with Gasteiger partial charge in [-0.1, -0.05) is 51.6 Å². The van der Waals surface area contributed by atoms with Crippen molar-refractivity contribution in [2.45, 2.75) is 40.2 Å². The molecule has 0 aliphatic carbocycles. The molecule has 9 rings (SSSR count). The molecule has 0 fully saturated rings. The number of rotatable bonds is 34. The summed E-state index contributed by atoms with van der Waals surface area (Å²) in [7, 11) is 3.82. The minimum atomic E-state index is -1.05. The highest BCUT2D eigenvalue weighted by molar-refractivity contribution is 6.28. The highest BCUT2D eigenvalue weighted by Crippen LogP contribution is 2.22. The molecule has 1 aliphatic rings. The van der Waals surface area contributed by atoms with Gasteiger partial charge in [0.2, 0.25) is 5.91 Å². The second kappa shape index (κ2) is 57.4. The fraction of sp³-hybridized carbons (Fsp3) is 0.154. The number of aromatic carboxylic acids is 8. The molecule has 0 bridgehead atoms. The Kier molecular flexibility index (Phi) is 48.0. The third-order valence-electron chi connectivity index (χ3n) is 15.2. The van der Waals surface area contributed by atoms with E-state index in [1.54, 1.807) is 94.4 Å². The number of ether oxygens (including phenoxy) is 6. The Labute approximate surface area is 728 Å². The lowest BCUT2D eigenvalue weighted by molar-refractivity contribution is -0.139. The van der Waals surface area contributed by atoms with E-state index in [9.17, 15) is 71.9 Å². The Balaban J connectivity index is 0.000000494. The standard InChI is InChI=1S/C15H19NO5.C14H17NO5.C11H7NO4.C11H11NO4.C11H11NO3.C10H9NO3.C10H10O3.C9H11NO2/c1-10(2)15(19)20-9-8-16-11(3)21-13-6-4-12(5-7-13)14(17)18;1-3-13(16)19-9-8-15-10(2)20-12-6-4-11(5-7-12)14(17)18;13-9-5-6-10(14)12(9)8-3-1-7(2-4-8)11(15)16;1-2-7-16-11(15)12-9-5-3-8(4-6-9)10(13)14;1-7(2)10(13)12-9-5-3-8(4-6-9)11(14)15;1-2-9(12)11-8-5-3-7(4-6-8)10(13)14;1-2-7-13-9-5-3-8(4-6-9)10(11)12;1-10(2)8-5-3-7(4-6-8)9(11)12/h4-7,11,16H,1,8-9H2,2-3H3,(H,17,18);3-7,10,15H,1,8-9H2,2H3,(H,17,18);1-6H,(H,15,16);2-6H,1,7H2,(H,12,15)(H,13,14);3-6H,1H2,2H3,(H,12,13)(H,14,15);2-6H,1H2,(H,11,12)(H,13,14);2-6H,1,7H2,(H,11,12);3-6H,1-2H3,(H,11,12). The van der Waals surface area contributed by atoms with Gasteiger partial charge in [0.25, 0.3) is 17.7 Å². The summed E-state index contributed by atoms with van der Waals surface area (Å²) in [5, 5.41) is 82.9. The molecule has 0 radical (unpaired) electrons. The number of imide groups is 1. The van der Waals surface area contributed by atoms with Gasteiger partial charge in [0.15, 0.2) is 0 Å². The summed E-state index contributed by atoms with van der Waals surface area (Å²) in [6, 6.07) is 48.3. The van der Waals surface area contributed by atoms with E-state index in [-0.39, 0.29) is 83.0 Å². The third-order valence-corrected chi connectivity index (χ3v) is 15.2. The molecule has 5 amide bonds. The van der Waals surface area contributed by atoms with Crippen LogP contribution in [-0.4, -0.2) is 196 Å². The maximum absolute atomic E-state index is 11.3. The van der Waals surface area contributed by atoms with Crippen molar-refractivity contribution in [1.82, 2.24) is 10.6 Å². The van der Waals surface area contributed by atoms with Gasteiger partial charge in [-0.05, 0) is 228 Å². The van der Waals surface area contributed by atoms with Crippen molar-refractivity contribution in [3.8, 4) is 17.2 Å². The smallest absolute Gasteiger partial charge is 0.411 e. The maximum atomic E-state index is 11.3. The molecule has 2 atom stereocenters. The van der Waals surface area contributed by atoms with Crippen molar-refractivity contribution in [1.29, 1.82) is 0 Å². The number of hydrogen-bond donors (Lipinski definition) is 13. The van der Waals surface area contributed by atoms with Crippen LogP contribution in [0.1, 0.15) is 111 Å². The Hall–Kier alpha value is -16.9. The maximum Gasteiger partial charge on any atom is 0.411 e. The number of amides is 5. The third kappa shape index (κ3) is 43.3. The van der Waals surface area contributed by atoms with Gasteiger partial charge in [-0.25, -0.2) is 57.6 Å². The Morgan fingerprint density at radius 2 is 0.709 bits per heavy atom. The number of carboxylic acids is 8. The van der Waals surface area contributed by atoms with Crippen LogP contribution in [0.5, 0.6) is 17.2 Å². The van der Waals surface area contributed by atoms with Crippen molar-refractivity contribution in [3.63, 3.8) is 0 Å². The van der Waals surface area contributed by atoms with Crippen molar-refractivity contribution >= 4 is 118 Å². The van der Waals surface area contributed by atoms with Gasteiger partial charge in [0, 0.05) is 79.3 Å². The van der Waals surface area contributed by atoms with Crippen molar-refractivity contribution in [2.75, 3.05) is 79.4 Å². The Morgan fingerprint density at radius 1 is 0.394 bits per heavy atom. The number of benzene rings is 8. The lowest BCUT2D eigenvalue weighted by atomic mass is 10.2. The minimum absolute atomic E-state index is 0.107. The molecule has 13 N–H and O–H groups in total. The quantitative estimate of drug-likeness (QED) is 0.00339. The fourth-order valence-corrected chi connectivity index (χ4v) is 8.81. The second-order valence-electron chi connectivity index (χ2n) is 25.3. The molecule has 8 aromatic carbocycles. The summed E-state index contributed by atoms with van der Waals surface area (Å²) in [6.45, 7) is 29.1. The number of hydrogen-bond acceptors (Lipinski definition) is 24. The summed E-state index contributed by atoms with van der Waals surface area (Å²) < 4.78 is 30.6. The van der Waals surface area contributed by atoms with Crippen molar-refractivity contribution in [3.05, 3.63) is 326 Å². The van der Waals surface area contributed by atoms with Gasteiger partial charge >= 0.3 is 65.8 Å². The molecule has 36 nitrogen and oxygen atoms in total. The summed E-state index contributed by atoms with van der Waals surface area (Å²) >= 11 is 0. The number of carbonyl (C=O) groups is 15. The average Bonchev–Trinajstić information content (AvgIpc) is 1.70. The van der Waals surface area contributed by atoms with Gasteiger partial charge in [-0.15, -0.1) is 0 Å². The highest BCUT2D eigenvalue weighted by Gasteiger charge is 2.25. The summed E-state index contributed by atoms with van der Waals surface area (Å²) in [4.78, 5) is 165.